The van der Waals surface area contributed by atoms with Crippen molar-refractivity contribution in [2.45, 2.75) is 32.2 Å². The molecule has 0 saturated heterocycles. The lowest BCUT2D eigenvalue weighted by atomic mass is 10.1. The van der Waals surface area contributed by atoms with E-state index in [2.05, 4.69) is 12.2 Å². The SMILES string of the molecule is CCC(CCCO)NC. The zero-order valence-electron chi connectivity index (χ0n) is 6.35. The summed E-state index contributed by atoms with van der Waals surface area (Å²) in [5, 5.41) is 11.7. The number of nitrogens with one attached hydrogen (secondary N) is 1. The van der Waals surface area contributed by atoms with E-state index in [4.69, 9.17) is 5.11 Å². The lowest BCUT2D eigenvalue weighted by molar-refractivity contribution is 0.275. The zero-order valence-corrected chi connectivity index (χ0v) is 6.35. The standard InChI is InChI=1S/C7H17NO/c1-3-7(8-2)5-4-6-9/h7-9H,3-6H2,1-2H3. The first-order valence-corrected chi connectivity index (χ1v) is 3.63. The Balaban J connectivity index is 3.09. The molecule has 0 amide bonds. The van der Waals surface area contributed by atoms with Crippen LogP contribution in [0.15, 0.2) is 0 Å². The van der Waals surface area contributed by atoms with Gasteiger partial charge in [-0.25, -0.2) is 0 Å². The lowest BCUT2D eigenvalue weighted by Crippen LogP contribution is -2.24. The quantitative estimate of drug-likeness (QED) is 0.577. The molecule has 0 aliphatic carbocycles. The molecule has 2 heteroatoms. The summed E-state index contributed by atoms with van der Waals surface area (Å²) in [5.74, 6) is 0. The fourth-order valence-electron chi connectivity index (χ4n) is 0.890. The second-order valence-electron chi connectivity index (χ2n) is 2.26. The third-order valence-electron chi connectivity index (χ3n) is 1.61. The molecule has 0 radical (unpaired) electrons. The van der Waals surface area contributed by atoms with Crippen LogP contribution in [0.3, 0.4) is 0 Å². The van der Waals surface area contributed by atoms with E-state index in [0.29, 0.717) is 12.6 Å². The van der Waals surface area contributed by atoms with Crippen LogP contribution in [0, 0.1) is 0 Å². The van der Waals surface area contributed by atoms with Gasteiger partial charge in [-0.1, -0.05) is 6.92 Å². The summed E-state index contributed by atoms with van der Waals surface area (Å²) < 4.78 is 0. The highest BCUT2D eigenvalue weighted by atomic mass is 16.2. The van der Waals surface area contributed by atoms with Crippen LogP contribution in [-0.2, 0) is 0 Å². The molecule has 0 saturated carbocycles. The minimum atomic E-state index is 0.318. The molecule has 1 atom stereocenters. The minimum absolute atomic E-state index is 0.318. The Morgan fingerprint density at radius 2 is 2.22 bits per heavy atom. The van der Waals surface area contributed by atoms with Crippen LogP contribution in [-0.4, -0.2) is 24.8 Å². The van der Waals surface area contributed by atoms with Gasteiger partial charge in [0.15, 0.2) is 0 Å². The summed E-state index contributed by atoms with van der Waals surface area (Å²) in [6.07, 6.45) is 3.15. The molecule has 0 spiro atoms. The van der Waals surface area contributed by atoms with E-state index in [-0.39, 0.29) is 0 Å². The Hall–Kier alpha value is -0.0800. The average Bonchev–Trinajstić information content (AvgIpc) is 1.91. The molecule has 0 fully saturated rings. The molecule has 0 aromatic carbocycles. The molecule has 0 heterocycles. The fraction of sp³-hybridized carbons (Fsp3) is 1.00. The molecule has 2 N–H and O–H groups in total. The highest BCUT2D eigenvalue weighted by Gasteiger charge is 1.99. The molecular weight excluding hydrogens is 114 g/mol. The van der Waals surface area contributed by atoms with Gasteiger partial charge < -0.3 is 10.4 Å². The van der Waals surface area contributed by atoms with Gasteiger partial charge in [-0.15, -0.1) is 0 Å². The van der Waals surface area contributed by atoms with Crippen molar-refractivity contribution in [1.82, 2.24) is 5.32 Å². The second kappa shape index (κ2) is 6.05. The van der Waals surface area contributed by atoms with Gasteiger partial charge in [0.1, 0.15) is 0 Å². The van der Waals surface area contributed by atoms with Crippen LogP contribution in [0.5, 0.6) is 0 Å². The summed E-state index contributed by atoms with van der Waals surface area (Å²) in [4.78, 5) is 0. The first-order chi connectivity index (χ1) is 4.35. The Bertz CT molecular complexity index is 52.9. The Morgan fingerprint density at radius 3 is 2.56 bits per heavy atom. The fourth-order valence-corrected chi connectivity index (χ4v) is 0.890. The van der Waals surface area contributed by atoms with Gasteiger partial charge in [-0.2, -0.15) is 0 Å². The van der Waals surface area contributed by atoms with Crippen LogP contribution >= 0.6 is 0 Å². The molecule has 2 nitrogen and oxygen atoms in total. The van der Waals surface area contributed by atoms with E-state index in [9.17, 15) is 0 Å². The predicted octanol–water partition coefficient (Wildman–Crippen LogP) is 0.757. The van der Waals surface area contributed by atoms with Gasteiger partial charge in [0, 0.05) is 12.6 Å². The highest BCUT2D eigenvalue weighted by Crippen LogP contribution is 1.98. The van der Waals surface area contributed by atoms with Crippen molar-refractivity contribution in [1.29, 1.82) is 0 Å². The molecule has 0 aliphatic heterocycles. The number of aliphatic hydroxyl groups excluding tert-OH is 1. The summed E-state index contributed by atoms with van der Waals surface area (Å²) in [6, 6.07) is 0.595. The van der Waals surface area contributed by atoms with E-state index in [1.807, 2.05) is 7.05 Å². The predicted molar refractivity (Wildman–Crippen MR) is 39.5 cm³/mol. The average molecular weight is 131 g/mol. The van der Waals surface area contributed by atoms with Crippen molar-refractivity contribution in [2.75, 3.05) is 13.7 Å². The Morgan fingerprint density at radius 1 is 1.56 bits per heavy atom. The minimum Gasteiger partial charge on any atom is -0.396 e. The molecule has 0 aliphatic rings. The summed E-state index contributed by atoms with van der Waals surface area (Å²) in [7, 11) is 1.96. The van der Waals surface area contributed by atoms with Gasteiger partial charge in [-0.05, 0) is 26.3 Å². The Kier molecular flexibility index (Phi) is 5.99. The maximum absolute atomic E-state index is 8.48. The summed E-state index contributed by atoms with van der Waals surface area (Å²) in [6.45, 7) is 2.47. The number of aliphatic hydroxyl groups is 1. The van der Waals surface area contributed by atoms with E-state index >= 15 is 0 Å². The van der Waals surface area contributed by atoms with Crippen molar-refractivity contribution >= 4 is 0 Å². The summed E-state index contributed by atoms with van der Waals surface area (Å²) in [5.41, 5.74) is 0. The van der Waals surface area contributed by atoms with Crippen LogP contribution < -0.4 is 5.32 Å². The van der Waals surface area contributed by atoms with Crippen molar-refractivity contribution in [3.8, 4) is 0 Å². The van der Waals surface area contributed by atoms with Crippen LogP contribution in [0.2, 0.25) is 0 Å². The molecule has 0 bridgehead atoms. The topological polar surface area (TPSA) is 32.3 Å². The van der Waals surface area contributed by atoms with Crippen LogP contribution in [0.25, 0.3) is 0 Å². The highest BCUT2D eigenvalue weighted by molar-refractivity contribution is 4.60. The monoisotopic (exact) mass is 131 g/mol. The molecule has 56 valence electrons. The molecule has 0 aromatic heterocycles. The largest absolute Gasteiger partial charge is 0.396 e. The first-order valence-electron chi connectivity index (χ1n) is 3.63. The number of hydrogen-bond acceptors (Lipinski definition) is 2. The van der Waals surface area contributed by atoms with Crippen molar-refractivity contribution < 1.29 is 5.11 Å². The number of hydrogen-bond donors (Lipinski definition) is 2. The van der Waals surface area contributed by atoms with Gasteiger partial charge in [0.2, 0.25) is 0 Å². The molecule has 1 unspecified atom stereocenters. The van der Waals surface area contributed by atoms with Gasteiger partial charge in [0.25, 0.3) is 0 Å². The van der Waals surface area contributed by atoms with E-state index in [0.717, 1.165) is 19.3 Å². The summed E-state index contributed by atoms with van der Waals surface area (Å²) >= 11 is 0. The Labute approximate surface area is 57.3 Å². The molecular formula is C7H17NO. The third-order valence-corrected chi connectivity index (χ3v) is 1.61. The van der Waals surface area contributed by atoms with E-state index in [1.165, 1.54) is 0 Å². The third kappa shape index (κ3) is 4.43. The maximum atomic E-state index is 8.48. The smallest absolute Gasteiger partial charge is 0.0431 e. The number of rotatable bonds is 5. The van der Waals surface area contributed by atoms with Crippen molar-refractivity contribution in [3.05, 3.63) is 0 Å². The lowest BCUT2D eigenvalue weighted by Gasteiger charge is -2.11. The van der Waals surface area contributed by atoms with Gasteiger partial charge in [0.05, 0.1) is 0 Å². The van der Waals surface area contributed by atoms with Crippen LogP contribution in [0.1, 0.15) is 26.2 Å². The first kappa shape index (κ1) is 8.92. The zero-order chi connectivity index (χ0) is 7.11. The van der Waals surface area contributed by atoms with E-state index in [1.54, 1.807) is 0 Å². The maximum Gasteiger partial charge on any atom is 0.0431 e. The van der Waals surface area contributed by atoms with Crippen LogP contribution in [0.4, 0.5) is 0 Å². The second-order valence-corrected chi connectivity index (χ2v) is 2.26. The van der Waals surface area contributed by atoms with Gasteiger partial charge >= 0.3 is 0 Å². The van der Waals surface area contributed by atoms with Crippen molar-refractivity contribution in [3.63, 3.8) is 0 Å². The normalized spacial score (nSPS) is 13.7. The molecule has 9 heavy (non-hydrogen) atoms. The van der Waals surface area contributed by atoms with Crippen molar-refractivity contribution in [2.24, 2.45) is 0 Å². The molecule has 0 aromatic rings. The molecule has 0 rings (SSSR count). The van der Waals surface area contributed by atoms with E-state index < -0.39 is 0 Å². The van der Waals surface area contributed by atoms with Gasteiger partial charge in [-0.3, -0.25) is 0 Å².